The first-order chi connectivity index (χ1) is 7.77. The molecule has 0 radical (unpaired) electrons. The largest absolute Gasteiger partial charge is 0.465 e. The van der Waals surface area contributed by atoms with Crippen LogP contribution in [-0.2, 0) is 10.3 Å². The number of ether oxygens (including phenoxy) is 1. The number of aryl methyl sites for hydroxylation is 1. The first-order valence-electron chi connectivity index (χ1n) is 5.25. The lowest BCUT2D eigenvalue weighted by Crippen LogP contribution is -2.52. The molecule has 7 nitrogen and oxygen atoms in total. The van der Waals surface area contributed by atoms with E-state index in [9.17, 15) is 9.90 Å². The molecule has 0 spiro atoms. The maximum Gasteiger partial charge on any atom is 0.410 e. The number of nitrogens with zero attached hydrogens (tertiary/aromatic N) is 3. The van der Waals surface area contributed by atoms with Crippen LogP contribution in [0.25, 0.3) is 0 Å². The highest BCUT2D eigenvalue weighted by Gasteiger charge is 2.55. The summed E-state index contributed by atoms with van der Waals surface area (Å²) in [5.74, 6) is 0.652. The fourth-order valence-electron chi connectivity index (χ4n) is 2.15. The number of carbonyl (C=O) groups is 1. The van der Waals surface area contributed by atoms with Gasteiger partial charge in [-0.2, -0.15) is 0 Å². The van der Waals surface area contributed by atoms with Gasteiger partial charge < -0.3 is 14.3 Å². The van der Waals surface area contributed by atoms with Crippen molar-refractivity contribution in [2.75, 3.05) is 6.61 Å². The van der Waals surface area contributed by atoms with Crippen LogP contribution in [0.15, 0.2) is 4.42 Å². The van der Waals surface area contributed by atoms with Gasteiger partial charge in [0.15, 0.2) is 0 Å². The van der Waals surface area contributed by atoms with Gasteiger partial charge in [-0.25, -0.2) is 4.79 Å². The lowest BCUT2D eigenvalue weighted by Gasteiger charge is -2.35. The van der Waals surface area contributed by atoms with Crippen LogP contribution in [0.3, 0.4) is 0 Å². The van der Waals surface area contributed by atoms with Crippen LogP contribution in [0, 0.1) is 6.92 Å². The van der Waals surface area contributed by atoms with Crippen LogP contribution in [-0.4, -0.2) is 38.6 Å². The van der Waals surface area contributed by atoms with E-state index < -0.39 is 17.4 Å². The Morgan fingerprint density at radius 3 is 2.53 bits per heavy atom. The molecular weight excluding hydrogens is 226 g/mol. The third-order valence-electron chi connectivity index (χ3n) is 2.92. The summed E-state index contributed by atoms with van der Waals surface area (Å²) in [5.41, 5.74) is -1.86. The fourth-order valence-corrected chi connectivity index (χ4v) is 2.15. The van der Waals surface area contributed by atoms with Crippen LogP contribution in [0.5, 0.6) is 0 Å². The third-order valence-corrected chi connectivity index (χ3v) is 2.92. The Morgan fingerprint density at radius 2 is 2.06 bits per heavy atom. The zero-order valence-electron chi connectivity index (χ0n) is 10.2. The van der Waals surface area contributed by atoms with Crippen molar-refractivity contribution in [2.45, 2.75) is 39.0 Å². The second kappa shape index (κ2) is 3.43. The van der Waals surface area contributed by atoms with Crippen molar-refractivity contribution < 1.29 is 19.1 Å². The van der Waals surface area contributed by atoms with Gasteiger partial charge >= 0.3 is 6.09 Å². The molecular formula is C10H15N3O4. The normalized spacial score (nSPS) is 27.4. The summed E-state index contributed by atoms with van der Waals surface area (Å²) in [7, 11) is 0. The molecule has 1 amide bonds. The summed E-state index contributed by atoms with van der Waals surface area (Å²) in [6.45, 7) is 6.94. The molecule has 7 heteroatoms. The number of rotatable bonds is 1. The molecule has 2 rings (SSSR count). The summed E-state index contributed by atoms with van der Waals surface area (Å²) in [6, 6.07) is 0. The minimum absolute atomic E-state index is 0.188. The van der Waals surface area contributed by atoms with Gasteiger partial charge in [0.25, 0.3) is 0 Å². The van der Waals surface area contributed by atoms with Crippen molar-refractivity contribution in [3.63, 3.8) is 0 Å². The average Bonchev–Trinajstić information content (AvgIpc) is 2.70. The average molecular weight is 241 g/mol. The molecule has 1 atom stereocenters. The summed E-state index contributed by atoms with van der Waals surface area (Å²) in [6.07, 6.45) is -1.08. The predicted octanol–water partition coefficient (Wildman–Crippen LogP) is 1.34. The monoisotopic (exact) mass is 241 g/mol. The van der Waals surface area contributed by atoms with Crippen molar-refractivity contribution in [1.29, 1.82) is 0 Å². The zero-order valence-corrected chi connectivity index (χ0v) is 10.2. The van der Waals surface area contributed by atoms with E-state index in [0.717, 1.165) is 0 Å². The Bertz CT molecular complexity index is 456. The molecule has 94 valence electrons. The van der Waals surface area contributed by atoms with Gasteiger partial charge in [0.1, 0.15) is 11.3 Å². The Hall–Kier alpha value is -1.63. The van der Waals surface area contributed by atoms with Gasteiger partial charge in [0.05, 0.1) is 6.61 Å². The number of aromatic nitrogens is 2. The van der Waals surface area contributed by atoms with E-state index in [1.165, 1.54) is 4.90 Å². The molecule has 0 saturated carbocycles. The van der Waals surface area contributed by atoms with Crippen molar-refractivity contribution >= 4 is 6.09 Å². The first-order valence-corrected chi connectivity index (χ1v) is 5.25. The van der Waals surface area contributed by atoms with Crippen molar-refractivity contribution in [3.05, 3.63) is 11.8 Å². The highest BCUT2D eigenvalue weighted by Crippen LogP contribution is 2.41. The molecule has 0 unspecified atom stereocenters. The van der Waals surface area contributed by atoms with Crippen LogP contribution >= 0.6 is 0 Å². The molecule has 0 bridgehead atoms. The quantitative estimate of drug-likeness (QED) is 0.798. The molecule has 1 N–H and O–H groups in total. The number of hydrogen-bond donors (Lipinski definition) is 1. The Balaban J connectivity index is 2.47. The van der Waals surface area contributed by atoms with Crippen molar-refractivity contribution in [3.8, 4) is 0 Å². The van der Waals surface area contributed by atoms with E-state index >= 15 is 0 Å². The fraction of sp³-hybridized carbons (Fsp3) is 0.700. The summed E-state index contributed by atoms with van der Waals surface area (Å²) in [5, 5.41) is 16.9. The van der Waals surface area contributed by atoms with Gasteiger partial charge in [0.2, 0.25) is 11.8 Å². The van der Waals surface area contributed by atoms with Crippen LogP contribution < -0.4 is 0 Å². The molecule has 2 heterocycles. The highest BCUT2D eigenvalue weighted by atomic mass is 16.5. The van der Waals surface area contributed by atoms with Gasteiger partial charge in [-0.1, -0.05) is 0 Å². The number of hydrogen-bond acceptors (Lipinski definition) is 5. The third kappa shape index (κ3) is 1.66. The molecule has 1 aromatic heterocycles. The standard InChI is InChI=1S/C10H15N3O4/c1-6-11-12-7(17-6)10(4)5-16-9(2,3)13(10)8(14)15/h5H2,1-4H3,(H,14,15)/t10-/m0/s1. The Labute approximate surface area is 98.4 Å². The van der Waals surface area contributed by atoms with Crippen LogP contribution in [0.2, 0.25) is 0 Å². The second-order valence-electron chi connectivity index (χ2n) is 4.75. The Kier molecular flexibility index (Phi) is 2.39. The van der Waals surface area contributed by atoms with Crippen LogP contribution in [0.1, 0.15) is 32.6 Å². The van der Waals surface area contributed by atoms with E-state index in [1.807, 2.05) is 0 Å². The minimum Gasteiger partial charge on any atom is -0.465 e. The lowest BCUT2D eigenvalue weighted by atomic mass is 10.0. The molecule has 1 aliphatic heterocycles. The Morgan fingerprint density at radius 1 is 1.41 bits per heavy atom. The van der Waals surface area contributed by atoms with Crippen molar-refractivity contribution in [1.82, 2.24) is 15.1 Å². The molecule has 0 aromatic carbocycles. The maximum atomic E-state index is 11.4. The smallest absolute Gasteiger partial charge is 0.410 e. The van der Waals surface area contributed by atoms with Gasteiger partial charge in [-0.3, -0.25) is 4.90 Å². The SMILES string of the molecule is Cc1nnc([C@]2(C)COC(C)(C)N2C(=O)O)o1. The second-order valence-corrected chi connectivity index (χ2v) is 4.75. The summed E-state index contributed by atoms with van der Waals surface area (Å²) >= 11 is 0. The molecule has 0 aliphatic carbocycles. The first kappa shape index (κ1) is 11.8. The molecule has 1 saturated heterocycles. The topological polar surface area (TPSA) is 88.7 Å². The van der Waals surface area contributed by atoms with Crippen molar-refractivity contribution in [2.24, 2.45) is 0 Å². The van der Waals surface area contributed by atoms with Crippen LogP contribution in [0.4, 0.5) is 4.79 Å². The predicted molar refractivity (Wildman–Crippen MR) is 56.3 cm³/mol. The molecule has 17 heavy (non-hydrogen) atoms. The van der Waals surface area contributed by atoms with E-state index in [2.05, 4.69) is 10.2 Å². The number of amides is 1. The lowest BCUT2D eigenvalue weighted by molar-refractivity contribution is -0.0481. The van der Waals surface area contributed by atoms with E-state index in [4.69, 9.17) is 9.15 Å². The molecule has 1 aromatic rings. The summed E-state index contributed by atoms with van der Waals surface area (Å²) in [4.78, 5) is 12.6. The highest BCUT2D eigenvalue weighted by molar-refractivity contribution is 5.67. The minimum atomic E-state index is -1.08. The molecule has 1 aliphatic rings. The summed E-state index contributed by atoms with van der Waals surface area (Å²) < 4.78 is 10.8. The van der Waals surface area contributed by atoms with Gasteiger partial charge in [-0.05, 0) is 20.8 Å². The zero-order chi connectivity index (χ0) is 12.8. The van der Waals surface area contributed by atoms with Gasteiger partial charge in [0, 0.05) is 6.92 Å². The van der Waals surface area contributed by atoms with E-state index in [1.54, 1.807) is 27.7 Å². The van der Waals surface area contributed by atoms with E-state index in [-0.39, 0.29) is 12.5 Å². The molecule has 1 fully saturated rings. The maximum absolute atomic E-state index is 11.4. The number of carboxylic acid groups (broad SMARTS) is 1. The van der Waals surface area contributed by atoms with E-state index in [0.29, 0.717) is 5.89 Å². The van der Waals surface area contributed by atoms with Gasteiger partial charge in [-0.15, -0.1) is 10.2 Å².